The summed E-state index contributed by atoms with van der Waals surface area (Å²) in [6, 6.07) is 8.04. The molecule has 104 valence electrons. The number of halogens is 2. The summed E-state index contributed by atoms with van der Waals surface area (Å²) in [5.41, 5.74) is 6.50. The number of carbonyl (C=O) groups is 1. The molecule has 0 unspecified atom stereocenters. The van der Waals surface area contributed by atoms with Gasteiger partial charge < -0.3 is 15.6 Å². The predicted molar refractivity (Wildman–Crippen MR) is 73.6 cm³/mol. The van der Waals surface area contributed by atoms with Crippen molar-refractivity contribution in [2.45, 2.75) is 6.61 Å². The number of nitrogen functional groups attached to an aromatic ring is 1. The summed E-state index contributed by atoms with van der Waals surface area (Å²) in [7, 11) is 0. The summed E-state index contributed by atoms with van der Waals surface area (Å²) in [5.74, 6) is -1.30. The Kier molecular flexibility index (Phi) is 4.10. The van der Waals surface area contributed by atoms with Crippen molar-refractivity contribution < 1.29 is 19.0 Å². The first-order valence-electron chi connectivity index (χ1n) is 5.67. The molecule has 2 aromatic rings. The zero-order valence-electron chi connectivity index (χ0n) is 10.3. The van der Waals surface area contributed by atoms with E-state index in [1.807, 2.05) is 0 Å². The first-order chi connectivity index (χ1) is 9.47. The van der Waals surface area contributed by atoms with Gasteiger partial charge in [-0.15, -0.1) is 0 Å². The molecule has 4 nitrogen and oxygen atoms in total. The zero-order chi connectivity index (χ0) is 14.7. The number of nitrogens with two attached hydrogens (primary N) is 1. The van der Waals surface area contributed by atoms with Crippen molar-refractivity contribution in [1.82, 2.24) is 0 Å². The Morgan fingerprint density at radius 2 is 2.05 bits per heavy atom. The fourth-order valence-electron chi connectivity index (χ4n) is 1.60. The van der Waals surface area contributed by atoms with E-state index in [-0.39, 0.29) is 17.9 Å². The van der Waals surface area contributed by atoms with Gasteiger partial charge in [0, 0.05) is 10.6 Å². The van der Waals surface area contributed by atoms with Crippen molar-refractivity contribution in [2.75, 3.05) is 5.73 Å². The molecule has 2 rings (SSSR count). The quantitative estimate of drug-likeness (QED) is 0.849. The van der Waals surface area contributed by atoms with Crippen LogP contribution < -0.4 is 10.5 Å². The van der Waals surface area contributed by atoms with Gasteiger partial charge in [-0.3, -0.25) is 0 Å². The van der Waals surface area contributed by atoms with E-state index in [2.05, 4.69) is 0 Å². The molecule has 20 heavy (non-hydrogen) atoms. The van der Waals surface area contributed by atoms with E-state index in [4.69, 9.17) is 27.2 Å². The Morgan fingerprint density at radius 1 is 1.30 bits per heavy atom. The molecule has 0 radical (unpaired) electrons. The third-order valence-corrected chi connectivity index (χ3v) is 3.02. The van der Waals surface area contributed by atoms with Crippen LogP contribution >= 0.6 is 11.6 Å². The van der Waals surface area contributed by atoms with E-state index >= 15 is 0 Å². The number of carboxylic acid groups (broad SMARTS) is 1. The van der Waals surface area contributed by atoms with Gasteiger partial charge in [0.25, 0.3) is 0 Å². The second kappa shape index (κ2) is 5.79. The Hall–Kier alpha value is -2.27. The highest BCUT2D eigenvalue weighted by Gasteiger charge is 2.09. The molecule has 0 amide bonds. The number of benzene rings is 2. The van der Waals surface area contributed by atoms with Gasteiger partial charge in [-0.2, -0.15) is 0 Å². The van der Waals surface area contributed by atoms with Gasteiger partial charge in [0.1, 0.15) is 18.2 Å². The Labute approximate surface area is 119 Å². The molecule has 0 saturated carbocycles. The Morgan fingerprint density at radius 3 is 2.75 bits per heavy atom. The van der Waals surface area contributed by atoms with Crippen molar-refractivity contribution in [2.24, 2.45) is 0 Å². The highest BCUT2D eigenvalue weighted by atomic mass is 35.5. The summed E-state index contributed by atoms with van der Waals surface area (Å²) in [4.78, 5) is 10.9. The molecule has 0 aromatic heterocycles. The minimum Gasteiger partial charge on any atom is -0.487 e. The van der Waals surface area contributed by atoms with Gasteiger partial charge in [0.2, 0.25) is 0 Å². The van der Waals surface area contributed by atoms with Crippen LogP contribution in [0.15, 0.2) is 36.4 Å². The summed E-state index contributed by atoms with van der Waals surface area (Å²) in [5, 5.41) is 9.26. The van der Waals surface area contributed by atoms with E-state index in [1.165, 1.54) is 36.4 Å². The maximum absolute atomic E-state index is 13.1. The second-order valence-corrected chi connectivity index (χ2v) is 4.49. The van der Waals surface area contributed by atoms with E-state index in [1.54, 1.807) is 0 Å². The lowest BCUT2D eigenvalue weighted by Crippen LogP contribution is -2.03. The first kappa shape index (κ1) is 14.1. The standard InChI is InChI=1S/C14H11ClFNO3/c15-11-3-2-10(16)5-9(11)7-20-13-6-8(14(18)19)1-4-12(13)17/h1-6H,7,17H2,(H,18,19). The van der Waals surface area contributed by atoms with Gasteiger partial charge in [-0.05, 0) is 36.4 Å². The van der Waals surface area contributed by atoms with E-state index < -0.39 is 11.8 Å². The number of ether oxygens (including phenoxy) is 1. The lowest BCUT2D eigenvalue weighted by atomic mass is 10.2. The smallest absolute Gasteiger partial charge is 0.335 e. The molecule has 0 fully saturated rings. The van der Waals surface area contributed by atoms with Crippen LogP contribution in [0, 0.1) is 5.82 Å². The van der Waals surface area contributed by atoms with Crippen molar-refractivity contribution in [1.29, 1.82) is 0 Å². The van der Waals surface area contributed by atoms with Crippen LogP contribution in [0.1, 0.15) is 15.9 Å². The highest BCUT2D eigenvalue weighted by Crippen LogP contribution is 2.25. The average Bonchev–Trinajstić information content (AvgIpc) is 2.41. The topological polar surface area (TPSA) is 72.6 Å². The second-order valence-electron chi connectivity index (χ2n) is 4.08. The number of anilines is 1. The average molecular weight is 296 g/mol. The van der Waals surface area contributed by atoms with Crippen LogP contribution in [-0.2, 0) is 6.61 Å². The molecule has 0 saturated heterocycles. The summed E-state index contributed by atoms with van der Waals surface area (Å²) in [6.07, 6.45) is 0. The summed E-state index contributed by atoms with van der Waals surface area (Å²) < 4.78 is 18.5. The highest BCUT2D eigenvalue weighted by molar-refractivity contribution is 6.31. The molecular weight excluding hydrogens is 285 g/mol. The molecule has 0 atom stereocenters. The molecule has 6 heteroatoms. The van der Waals surface area contributed by atoms with Crippen LogP contribution in [0.5, 0.6) is 5.75 Å². The normalized spacial score (nSPS) is 10.3. The van der Waals surface area contributed by atoms with Crippen LogP contribution in [0.25, 0.3) is 0 Å². The number of aromatic carboxylic acids is 1. The van der Waals surface area contributed by atoms with Gasteiger partial charge >= 0.3 is 5.97 Å². The summed E-state index contributed by atoms with van der Waals surface area (Å²) in [6.45, 7) is -0.0101. The third kappa shape index (κ3) is 3.19. The van der Waals surface area contributed by atoms with Crippen molar-refractivity contribution in [3.63, 3.8) is 0 Å². The molecule has 0 aliphatic rings. The number of rotatable bonds is 4. The van der Waals surface area contributed by atoms with E-state index in [0.717, 1.165) is 0 Å². The van der Waals surface area contributed by atoms with Crippen molar-refractivity contribution in [3.05, 3.63) is 58.4 Å². The van der Waals surface area contributed by atoms with Gasteiger partial charge in [0.15, 0.2) is 0 Å². The predicted octanol–water partition coefficient (Wildman–Crippen LogP) is 3.34. The molecule has 0 heterocycles. The molecule has 2 aromatic carbocycles. The lowest BCUT2D eigenvalue weighted by molar-refractivity contribution is 0.0696. The lowest BCUT2D eigenvalue weighted by Gasteiger charge is -2.10. The van der Waals surface area contributed by atoms with Gasteiger partial charge in [0.05, 0.1) is 11.3 Å². The molecule has 3 N–H and O–H groups in total. The third-order valence-electron chi connectivity index (χ3n) is 2.65. The fraction of sp³-hybridized carbons (Fsp3) is 0.0714. The monoisotopic (exact) mass is 295 g/mol. The maximum Gasteiger partial charge on any atom is 0.335 e. The SMILES string of the molecule is Nc1ccc(C(=O)O)cc1OCc1cc(F)ccc1Cl. The molecule has 0 bridgehead atoms. The Balaban J connectivity index is 2.20. The number of carboxylic acids is 1. The van der Waals surface area contributed by atoms with E-state index in [9.17, 15) is 9.18 Å². The maximum atomic E-state index is 13.1. The minimum absolute atomic E-state index is 0.0101. The van der Waals surface area contributed by atoms with E-state index in [0.29, 0.717) is 16.3 Å². The molecular formula is C14H11ClFNO3. The Bertz CT molecular complexity index is 661. The van der Waals surface area contributed by atoms with Crippen LogP contribution in [-0.4, -0.2) is 11.1 Å². The summed E-state index contributed by atoms with van der Waals surface area (Å²) >= 11 is 5.91. The molecule has 0 spiro atoms. The fourth-order valence-corrected chi connectivity index (χ4v) is 1.77. The van der Waals surface area contributed by atoms with Crippen molar-refractivity contribution >= 4 is 23.3 Å². The molecule has 0 aliphatic carbocycles. The first-order valence-corrected chi connectivity index (χ1v) is 6.04. The van der Waals surface area contributed by atoms with Crippen LogP contribution in [0.2, 0.25) is 5.02 Å². The molecule has 0 aliphatic heterocycles. The van der Waals surface area contributed by atoms with Gasteiger partial charge in [-0.25, -0.2) is 9.18 Å². The minimum atomic E-state index is -1.08. The van der Waals surface area contributed by atoms with Crippen LogP contribution in [0.4, 0.5) is 10.1 Å². The van der Waals surface area contributed by atoms with Gasteiger partial charge in [-0.1, -0.05) is 11.6 Å². The number of hydrogen-bond donors (Lipinski definition) is 2. The van der Waals surface area contributed by atoms with Crippen LogP contribution in [0.3, 0.4) is 0 Å². The zero-order valence-corrected chi connectivity index (χ0v) is 11.0. The number of hydrogen-bond acceptors (Lipinski definition) is 3. The van der Waals surface area contributed by atoms with Crippen molar-refractivity contribution in [3.8, 4) is 5.75 Å². The largest absolute Gasteiger partial charge is 0.487 e.